The van der Waals surface area contributed by atoms with Crippen molar-refractivity contribution in [2.24, 2.45) is 0 Å². The highest BCUT2D eigenvalue weighted by molar-refractivity contribution is 7.17. The number of pyridine rings is 1. The van der Waals surface area contributed by atoms with Gasteiger partial charge in [0.05, 0.1) is 16.3 Å². The lowest BCUT2D eigenvalue weighted by Gasteiger charge is -2.18. The first-order valence-corrected chi connectivity index (χ1v) is 7.03. The molecule has 0 amide bonds. The maximum atomic E-state index is 13.9. The lowest BCUT2D eigenvalue weighted by molar-refractivity contribution is 0.522. The summed E-state index contributed by atoms with van der Waals surface area (Å²) in [6, 6.07) is 7.17. The molecule has 0 fully saturated rings. The first-order chi connectivity index (χ1) is 9.70. The number of thiophene rings is 1. The first kappa shape index (κ1) is 13.1. The highest BCUT2D eigenvalue weighted by atomic mass is 32.1. The van der Waals surface area contributed by atoms with Crippen molar-refractivity contribution in [3.63, 3.8) is 0 Å². The molecular weight excluding hydrogens is 278 g/mol. The number of hydrogen-bond acceptors (Lipinski definition) is 3. The number of fused-ring (bicyclic) bond motifs is 1. The van der Waals surface area contributed by atoms with Gasteiger partial charge in [0.15, 0.2) is 0 Å². The Balaban J connectivity index is 2.13. The Kier molecular flexibility index (Phi) is 3.46. The predicted octanol–water partition coefficient (Wildman–Crippen LogP) is 3.88. The first-order valence-electron chi connectivity index (χ1n) is 6.15. The molecular formula is C15H12F2N2S. The molecule has 0 radical (unpaired) electrons. The van der Waals surface area contributed by atoms with Gasteiger partial charge in [-0.25, -0.2) is 8.78 Å². The molecule has 0 spiro atoms. The summed E-state index contributed by atoms with van der Waals surface area (Å²) in [5.41, 5.74) is 1.65. The Bertz CT molecular complexity index is 734. The fourth-order valence-electron chi connectivity index (χ4n) is 2.28. The van der Waals surface area contributed by atoms with Gasteiger partial charge in [-0.3, -0.25) is 4.98 Å². The Morgan fingerprint density at radius 1 is 1.20 bits per heavy atom. The van der Waals surface area contributed by atoms with Crippen molar-refractivity contribution in [1.82, 2.24) is 10.3 Å². The average molecular weight is 290 g/mol. The van der Waals surface area contributed by atoms with Gasteiger partial charge in [-0.1, -0.05) is 6.07 Å². The van der Waals surface area contributed by atoms with Crippen LogP contribution in [0.4, 0.5) is 8.78 Å². The Labute approximate surface area is 119 Å². The fraction of sp³-hybridized carbons (Fsp3) is 0.133. The molecule has 3 aromatic rings. The number of nitrogens with zero attached hydrogens (tertiary/aromatic N) is 1. The van der Waals surface area contributed by atoms with Crippen LogP contribution >= 0.6 is 11.3 Å². The van der Waals surface area contributed by atoms with Gasteiger partial charge in [-0.05, 0) is 42.3 Å². The zero-order valence-electron chi connectivity index (χ0n) is 10.7. The number of rotatable bonds is 3. The molecule has 2 aromatic heterocycles. The van der Waals surface area contributed by atoms with Crippen LogP contribution in [0.25, 0.3) is 10.2 Å². The molecule has 2 heterocycles. The number of halogens is 2. The summed E-state index contributed by atoms with van der Waals surface area (Å²) in [6.07, 6.45) is 1.65. The lowest BCUT2D eigenvalue weighted by atomic mass is 9.99. The molecule has 1 aromatic carbocycles. The largest absolute Gasteiger partial charge is 0.309 e. The predicted molar refractivity (Wildman–Crippen MR) is 76.9 cm³/mol. The van der Waals surface area contributed by atoms with Crippen LogP contribution < -0.4 is 5.32 Å². The van der Waals surface area contributed by atoms with E-state index >= 15 is 0 Å². The SMILES string of the molecule is CNC(c1cnc2ccsc2c1)c1c(F)cccc1F. The molecule has 102 valence electrons. The molecule has 1 N–H and O–H groups in total. The van der Waals surface area contributed by atoms with E-state index in [9.17, 15) is 8.78 Å². The molecule has 1 atom stereocenters. The molecule has 1 unspecified atom stereocenters. The fourth-order valence-corrected chi connectivity index (χ4v) is 3.07. The summed E-state index contributed by atoms with van der Waals surface area (Å²) in [5, 5.41) is 4.90. The van der Waals surface area contributed by atoms with Crippen molar-refractivity contribution in [2.75, 3.05) is 7.05 Å². The number of benzene rings is 1. The summed E-state index contributed by atoms with van der Waals surface area (Å²) >= 11 is 1.56. The van der Waals surface area contributed by atoms with Gasteiger partial charge in [-0.2, -0.15) is 0 Å². The van der Waals surface area contributed by atoms with Crippen molar-refractivity contribution in [3.8, 4) is 0 Å². The summed E-state index contributed by atoms with van der Waals surface area (Å²) in [4.78, 5) is 4.32. The molecule has 0 aliphatic rings. The molecule has 0 bridgehead atoms. The molecule has 0 saturated heterocycles. The lowest BCUT2D eigenvalue weighted by Crippen LogP contribution is -2.20. The van der Waals surface area contributed by atoms with Crippen molar-refractivity contribution in [3.05, 3.63) is 64.7 Å². The topological polar surface area (TPSA) is 24.9 Å². The quantitative estimate of drug-likeness (QED) is 0.791. The zero-order chi connectivity index (χ0) is 14.1. The van der Waals surface area contributed by atoms with Crippen LogP contribution in [0.3, 0.4) is 0 Å². The number of aromatic nitrogens is 1. The Morgan fingerprint density at radius 3 is 2.65 bits per heavy atom. The highest BCUT2D eigenvalue weighted by Crippen LogP contribution is 2.29. The summed E-state index contributed by atoms with van der Waals surface area (Å²) in [6.45, 7) is 0. The van der Waals surface area contributed by atoms with E-state index in [0.717, 1.165) is 15.8 Å². The van der Waals surface area contributed by atoms with Crippen LogP contribution in [0.5, 0.6) is 0 Å². The smallest absolute Gasteiger partial charge is 0.131 e. The van der Waals surface area contributed by atoms with Gasteiger partial charge in [-0.15, -0.1) is 11.3 Å². The highest BCUT2D eigenvalue weighted by Gasteiger charge is 2.21. The minimum absolute atomic E-state index is 0.0210. The van der Waals surface area contributed by atoms with Crippen molar-refractivity contribution in [2.45, 2.75) is 6.04 Å². The minimum Gasteiger partial charge on any atom is -0.309 e. The summed E-state index contributed by atoms with van der Waals surface area (Å²) < 4.78 is 28.9. The van der Waals surface area contributed by atoms with Crippen LogP contribution in [0.2, 0.25) is 0 Å². The van der Waals surface area contributed by atoms with E-state index in [0.29, 0.717) is 0 Å². The summed E-state index contributed by atoms with van der Waals surface area (Å²) in [7, 11) is 1.68. The molecule has 20 heavy (non-hydrogen) atoms. The van der Waals surface area contributed by atoms with E-state index in [1.54, 1.807) is 24.6 Å². The molecule has 3 rings (SSSR count). The Morgan fingerprint density at radius 2 is 1.95 bits per heavy atom. The van der Waals surface area contributed by atoms with Crippen LogP contribution in [0, 0.1) is 11.6 Å². The standard InChI is InChI=1S/C15H12F2N2S/c1-18-15(14-10(16)3-2-4-11(14)17)9-7-13-12(19-8-9)5-6-20-13/h2-8,15,18H,1H3. The van der Waals surface area contributed by atoms with E-state index in [-0.39, 0.29) is 5.56 Å². The Hall–Kier alpha value is -1.85. The molecule has 2 nitrogen and oxygen atoms in total. The third-order valence-electron chi connectivity index (χ3n) is 3.23. The van der Waals surface area contributed by atoms with Gasteiger partial charge in [0, 0.05) is 11.8 Å². The van der Waals surface area contributed by atoms with Crippen molar-refractivity contribution < 1.29 is 8.78 Å². The van der Waals surface area contributed by atoms with Gasteiger partial charge >= 0.3 is 0 Å². The van der Waals surface area contributed by atoms with Crippen LogP contribution in [0.15, 0.2) is 41.9 Å². The molecule has 0 aliphatic carbocycles. The average Bonchev–Trinajstić information content (AvgIpc) is 2.90. The van der Waals surface area contributed by atoms with Gasteiger partial charge in [0.1, 0.15) is 11.6 Å². The maximum Gasteiger partial charge on any atom is 0.131 e. The van der Waals surface area contributed by atoms with E-state index < -0.39 is 17.7 Å². The van der Waals surface area contributed by atoms with E-state index in [4.69, 9.17) is 0 Å². The number of hydrogen-bond donors (Lipinski definition) is 1. The van der Waals surface area contributed by atoms with Crippen molar-refractivity contribution >= 4 is 21.6 Å². The van der Waals surface area contributed by atoms with E-state index in [1.165, 1.54) is 18.2 Å². The van der Waals surface area contributed by atoms with Crippen LogP contribution in [-0.4, -0.2) is 12.0 Å². The third-order valence-corrected chi connectivity index (χ3v) is 4.09. The van der Waals surface area contributed by atoms with E-state index in [2.05, 4.69) is 10.3 Å². The van der Waals surface area contributed by atoms with Gasteiger partial charge in [0.25, 0.3) is 0 Å². The van der Waals surface area contributed by atoms with Crippen LogP contribution in [-0.2, 0) is 0 Å². The zero-order valence-corrected chi connectivity index (χ0v) is 11.5. The summed E-state index contributed by atoms with van der Waals surface area (Å²) in [5.74, 6) is -1.12. The minimum atomic E-state index is -0.560. The maximum absolute atomic E-state index is 13.9. The molecule has 0 aliphatic heterocycles. The van der Waals surface area contributed by atoms with Crippen molar-refractivity contribution in [1.29, 1.82) is 0 Å². The second kappa shape index (κ2) is 5.26. The second-order valence-corrected chi connectivity index (χ2v) is 5.38. The normalized spacial score (nSPS) is 12.8. The van der Waals surface area contributed by atoms with Gasteiger partial charge in [0.2, 0.25) is 0 Å². The molecule has 5 heteroatoms. The molecule has 0 saturated carbocycles. The van der Waals surface area contributed by atoms with Gasteiger partial charge < -0.3 is 5.32 Å². The van der Waals surface area contributed by atoms with Crippen LogP contribution in [0.1, 0.15) is 17.2 Å². The number of nitrogens with one attached hydrogen (secondary N) is 1. The van der Waals surface area contributed by atoms with E-state index in [1.807, 2.05) is 17.5 Å². The monoisotopic (exact) mass is 290 g/mol. The third kappa shape index (κ3) is 2.19. The second-order valence-electron chi connectivity index (χ2n) is 4.43.